The molecular weight excluding hydrogens is 462 g/mol. The molecule has 3 aromatic rings. The maximum Gasteiger partial charge on any atom is 0.225 e. The third-order valence-corrected chi connectivity index (χ3v) is 6.38. The normalized spacial score (nSPS) is 15.0. The minimum absolute atomic E-state index is 0.0399. The van der Waals surface area contributed by atoms with Crippen molar-refractivity contribution in [3.63, 3.8) is 0 Å². The Morgan fingerprint density at radius 3 is 2.60 bits per heavy atom. The van der Waals surface area contributed by atoms with E-state index in [2.05, 4.69) is 59.9 Å². The fraction of sp³-hybridized carbons (Fsp3) is 0.556. The number of aromatic nitrogens is 4. The van der Waals surface area contributed by atoms with Crippen LogP contribution in [-0.2, 0) is 11.2 Å². The van der Waals surface area contributed by atoms with Crippen LogP contribution >= 0.6 is 11.6 Å². The second-order valence-corrected chi connectivity index (χ2v) is 11.9. The summed E-state index contributed by atoms with van der Waals surface area (Å²) in [5, 5.41) is 17.2. The van der Waals surface area contributed by atoms with Crippen molar-refractivity contribution in [3.05, 3.63) is 46.4 Å². The molecule has 1 aliphatic rings. The first kappa shape index (κ1) is 25.4. The topological polar surface area (TPSA) is 85.8 Å². The van der Waals surface area contributed by atoms with Gasteiger partial charge in [0.1, 0.15) is 11.6 Å². The smallest absolute Gasteiger partial charge is 0.225 e. The molecule has 0 unspecified atom stereocenters. The SMILES string of the molecule is Cc1cc(Cl)ccc1NC(=O)C[C@H](CC(C)C)c1nnc(-c2cc(CC(C)(C)C)on2)n1C1CC1. The molecule has 2 aromatic heterocycles. The molecule has 1 fully saturated rings. The van der Waals surface area contributed by atoms with Gasteiger partial charge in [-0.1, -0.05) is 51.4 Å². The van der Waals surface area contributed by atoms with Crippen LogP contribution in [0.5, 0.6) is 0 Å². The molecule has 8 heteroatoms. The van der Waals surface area contributed by atoms with E-state index in [-0.39, 0.29) is 17.2 Å². The van der Waals surface area contributed by atoms with E-state index in [0.717, 1.165) is 54.3 Å². The Labute approximate surface area is 212 Å². The Balaban J connectivity index is 1.60. The molecule has 1 aromatic carbocycles. The average molecular weight is 498 g/mol. The largest absolute Gasteiger partial charge is 0.361 e. The van der Waals surface area contributed by atoms with Gasteiger partial charge < -0.3 is 14.4 Å². The predicted molar refractivity (Wildman–Crippen MR) is 139 cm³/mol. The number of carbonyl (C=O) groups is 1. The summed E-state index contributed by atoms with van der Waals surface area (Å²) in [6, 6.07) is 7.81. The maximum atomic E-state index is 13.1. The zero-order chi connectivity index (χ0) is 25.3. The predicted octanol–water partition coefficient (Wildman–Crippen LogP) is 6.98. The molecule has 2 heterocycles. The number of rotatable bonds is 9. The molecular formula is C27H36ClN5O2. The summed E-state index contributed by atoms with van der Waals surface area (Å²) in [5.41, 5.74) is 2.52. The van der Waals surface area contributed by atoms with E-state index in [0.29, 0.717) is 29.1 Å². The van der Waals surface area contributed by atoms with Gasteiger partial charge in [0.15, 0.2) is 11.5 Å². The lowest BCUT2D eigenvalue weighted by atomic mass is 9.91. The summed E-state index contributed by atoms with van der Waals surface area (Å²) in [4.78, 5) is 13.1. The lowest BCUT2D eigenvalue weighted by Crippen LogP contribution is -2.20. The number of nitrogens with one attached hydrogen (secondary N) is 1. The molecule has 1 saturated carbocycles. The van der Waals surface area contributed by atoms with E-state index < -0.39 is 0 Å². The van der Waals surface area contributed by atoms with Crippen molar-refractivity contribution in [3.8, 4) is 11.5 Å². The summed E-state index contributed by atoms with van der Waals surface area (Å²) in [6.07, 6.45) is 4.13. The fourth-order valence-electron chi connectivity index (χ4n) is 4.51. The molecule has 188 valence electrons. The standard InChI is InChI=1S/C27H36ClN5O2/c1-16(2)11-18(13-24(34)29-22-10-7-19(28)12-17(22)3)25-30-31-26(33(25)20-8-9-20)23-14-21(35-32-23)15-27(4,5)6/h7,10,12,14,16,18,20H,8-9,11,13,15H2,1-6H3,(H,29,34)/t18-/m0/s1. The number of nitrogens with zero attached hydrogens (tertiary/aromatic N) is 4. The Kier molecular flexibility index (Phi) is 7.36. The quantitative estimate of drug-likeness (QED) is 0.344. The van der Waals surface area contributed by atoms with Crippen LogP contribution in [0.2, 0.25) is 5.02 Å². The van der Waals surface area contributed by atoms with Crippen LogP contribution in [-0.4, -0.2) is 25.8 Å². The van der Waals surface area contributed by atoms with Crippen molar-refractivity contribution in [2.75, 3.05) is 5.32 Å². The van der Waals surface area contributed by atoms with E-state index in [1.165, 1.54) is 0 Å². The maximum absolute atomic E-state index is 13.1. The van der Waals surface area contributed by atoms with Crippen molar-refractivity contribution in [2.45, 2.75) is 85.6 Å². The molecule has 1 amide bonds. The van der Waals surface area contributed by atoms with Gasteiger partial charge in [-0.05, 0) is 61.3 Å². The molecule has 0 spiro atoms. The first-order chi connectivity index (χ1) is 16.5. The molecule has 0 saturated heterocycles. The molecule has 4 rings (SSSR count). The summed E-state index contributed by atoms with van der Waals surface area (Å²) in [6.45, 7) is 12.8. The molecule has 0 bridgehead atoms. The third kappa shape index (κ3) is 6.51. The molecule has 1 N–H and O–H groups in total. The highest BCUT2D eigenvalue weighted by Gasteiger charge is 2.34. The average Bonchev–Trinajstić information content (AvgIpc) is 3.31. The van der Waals surface area contributed by atoms with Gasteiger partial charge in [-0.2, -0.15) is 0 Å². The van der Waals surface area contributed by atoms with Crippen molar-refractivity contribution >= 4 is 23.2 Å². The van der Waals surface area contributed by atoms with E-state index in [9.17, 15) is 4.79 Å². The minimum Gasteiger partial charge on any atom is -0.361 e. The highest BCUT2D eigenvalue weighted by atomic mass is 35.5. The monoisotopic (exact) mass is 497 g/mol. The molecule has 1 aliphatic carbocycles. The van der Waals surface area contributed by atoms with Crippen molar-refractivity contribution in [1.82, 2.24) is 19.9 Å². The summed E-state index contributed by atoms with van der Waals surface area (Å²) in [5.74, 6) is 2.75. The lowest BCUT2D eigenvalue weighted by molar-refractivity contribution is -0.116. The van der Waals surface area contributed by atoms with E-state index in [4.69, 9.17) is 16.1 Å². The number of halogens is 1. The van der Waals surface area contributed by atoms with Gasteiger partial charge in [-0.25, -0.2) is 0 Å². The number of amides is 1. The van der Waals surface area contributed by atoms with Crippen LogP contribution in [0, 0.1) is 18.3 Å². The number of benzene rings is 1. The van der Waals surface area contributed by atoms with Crippen molar-refractivity contribution < 1.29 is 9.32 Å². The number of hydrogen-bond acceptors (Lipinski definition) is 5. The molecule has 1 atom stereocenters. The Morgan fingerprint density at radius 1 is 1.23 bits per heavy atom. The lowest BCUT2D eigenvalue weighted by Gasteiger charge is -2.20. The molecule has 0 aliphatic heterocycles. The number of anilines is 1. The van der Waals surface area contributed by atoms with Crippen LogP contribution in [0.4, 0.5) is 5.69 Å². The highest BCUT2D eigenvalue weighted by molar-refractivity contribution is 6.30. The van der Waals surface area contributed by atoms with Gasteiger partial charge in [-0.3, -0.25) is 4.79 Å². The van der Waals surface area contributed by atoms with E-state index >= 15 is 0 Å². The number of hydrogen-bond donors (Lipinski definition) is 1. The highest BCUT2D eigenvalue weighted by Crippen LogP contribution is 2.42. The van der Waals surface area contributed by atoms with E-state index in [1.54, 1.807) is 6.07 Å². The first-order valence-electron chi connectivity index (χ1n) is 12.5. The van der Waals surface area contributed by atoms with Gasteiger partial charge in [0.25, 0.3) is 0 Å². The molecule has 0 radical (unpaired) electrons. The van der Waals surface area contributed by atoms with Crippen LogP contribution in [0.3, 0.4) is 0 Å². The Bertz CT molecular complexity index is 1190. The summed E-state index contributed by atoms with van der Waals surface area (Å²) < 4.78 is 7.83. The Hall–Kier alpha value is -2.67. The number of carbonyl (C=O) groups excluding carboxylic acids is 1. The summed E-state index contributed by atoms with van der Waals surface area (Å²) >= 11 is 6.07. The van der Waals surface area contributed by atoms with Gasteiger partial charge in [0.2, 0.25) is 5.91 Å². The third-order valence-electron chi connectivity index (χ3n) is 6.14. The van der Waals surface area contributed by atoms with E-state index in [1.807, 2.05) is 25.1 Å². The zero-order valence-electron chi connectivity index (χ0n) is 21.6. The van der Waals surface area contributed by atoms with Crippen LogP contribution in [0.1, 0.15) is 89.4 Å². The van der Waals surface area contributed by atoms with Crippen LogP contribution in [0.25, 0.3) is 11.5 Å². The van der Waals surface area contributed by atoms with Crippen LogP contribution in [0.15, 0.2) is 28.8 Å². The van der Waals surface area contributed by atoms with Crippen molar-refractivity contribution in [2.24, 2.45) is 11.3 Å². The van der Waals surface area contributed by atoms with Gasteiger partial charge >= 0.3 is 0 Å². The van der Waals surface area contributed by atoms with Gasteiger partial charge in [-0.15, -0.1) is 10.2 Å². The molecule has 35 heavy (non-hydrogen) atoms. The summed E-state index contributed by atoms with van der Waals surface area (Å²) in [7, 11) is 0. The molecule has 7 nitrogen and oxygen atoms in total. The Morgan fingerprint density at radius 2 is 1.97 bits per heavy atom. The minimum atomic E-state index is -0.0506. The van der Waals surface area contributed by atoms with Gasteiger partial charge in [0, 0.05) is 41.6 Å². The van der Waals surface area contributed by atoms with Crippen molar-refractivity contribution in [1.29, 1.82) is 0 Å². The van der Waals surface area contributed by atoms with Crippen LogP contribution < -0.4 is 5.32 Å². The fourth-order valence-corrected chi connectivity index (χ4v) is 4.74. The zero-order valence-corrected chi connectivity index (χ0v) is 22.3. The second kappa shape index (κ2) is 10.1. The van der Waals surface area contributed by atoms with Gasteiger partial charge in [0.05, 0.1) is 0 Å². The second-order valence-electron chi connectivity index (χ2n) is 11.4. The first-order valence-corrected chi connectivity index (χ1v) is 12.8. The number of aryl methyl sites for hydroxylation is 1.